The van der Waals surface area contributed by atoms with Crippen LogP contribution in [0.15, 0.2) is 53.8 Å². The highest BCUT2D eigenvalue weighted by atomic mass is 16.5. The van der Waals surface area contributed by atoms with Crippen molar-refractivity contribution >= 4 is 23.0 Å². The molecule has 0 bridgehead atoms. The van der Waals surface area contributed by atoms with E-state index in [4.69, 9.17) is 24.1 Å². The number of nitrogens with one attached hydrogen (secondary N) is 1. The number of carbonyl (C=O) groups is 1. The Hall–Kier alpha value is -3.85. The third-order valence-corrected chi connectivity index (χ3v) is 4.04. The van der Waals surface area contributed by atoms with Gasteiger partial charge in [0.1, 0.15) is 11.3 Å². The third kappa shape index (κ3) is 6.06. The second-order valence-electron chi connectivity index (χ2n) is 5.87. The Bertz CT molecular complexity index is 1010. The molecule has 0 atom stereocenters. The molecule has 0 saturated heterocycles. The predicted octanol–water partition coefficient (Wildman–Crippen LogP) is 2.40. The van der Waals surface area contributed by atoms with Gasteiger partial charge < -0.3 is 24.1 Å². The maximum absolute atomic E-state index is 12.0. The van der Waals surface area contributed by atoms with Crippen molar-refractivity contribution in [2.75, 3.05) is 35.0 Å². The quantitative estimate of drug-likeness (QED) is 0.419. The van der Waals surface area contributed by atoms with Gasteiger partial charge in [0.05, 0.1) is 27.5 Å². The Morgan fingerprint density at radius 2 is 1.71 bits per heavy atom. The second kappa shape index (κ2) is 12.0. The number of amides is 1. The molecule has 0 aliphatic carbocycles. The van der Waals surface area contributed by atoms with Crippen LogP contribution in [0.25, 0.3) is 10.9 Å². The highest BCUT2D eigenvalue weighted by molar-refractivity contribution is 5.86. The van der Waals surface area contributed by atoms with Crippen LogP contribution in [0.2, 0.25) is 0 Å². The molecule has 164 valence electrons. The molecule has 3 rings (SSSR count). The van der Waals surface area contributed by atoms with E-state index in [0.717, 1.165) is 12.5 Å². The molecule has 0 saturated carbocycles. The number of carbonyl (C=O) groups excluding carboxylic acids is 1. The molecule has 1 aromatic heterocycles. The van der Waals surface area contributed by atoms with Crippen molar-refractivity contribution in [1.29, 1.82) is 0 Å². The number of hydrazone groups is 1. The fraction of sp³-hybridized carbons (Fsp3) is 0.227. The highest BCUT2D eigenvalue weighted by Gasteiger charge is 2.12. The minimum atomic E-state index is -0.401. The summed E-state index contributed by atoms with van der Waals surface area (Å²) in [6.45, 7) is -0.192. The lowest BCUT2D eigenvalue weighted by Gasteiger charge is -2.12. The number of benzene rings is 2. The van der Waals surface area contributed by atoms with Crippen LogP contribution in [0.4, 0.5) is 0 Å². The van der Waals surface area contributed by atoms with Gasteiger partial charge in [0.25, 0.3) is 5.91 Å². The molecule has 1 heterocycles. The Labute approximate surface area is 180 Å². The molecular weight excluding hydrogens is 402 g/mol. The van der Waals surface area contributed by atoms with Gasteiger partial charge in [0.15, 0.2) is 18.1 Å². The second-order valence-corrected chi connectivity index (χ2v) is 5.87. The minimum absolute atomic E-state index is 0.192. The van der Waals surface area contributed by atoms with Crippen molar-refractivity contribution in [3.05, 3.63) is 54.2 Å². The fourth-order valence-electron chi connectivity index (χ4n) is 2.72. The van der Waals surface area contributed by atoms with E-state index < -0.39 is 5.91 Å². The van der Waals surface area contributed by atoms with Crippen molar-refractivity contribution in [2.24, 2.45) is 5.10 Å². The Balaban J connectivity index is 0.00000166. The molecule has 3 aromatic rings. The number of fused-ring (bicyclic) bond motifs is 1. The summed E-state index contributed by atoms with van der Waals surface area (Å²) in [6.07, 6.45) is 3.15. The summed E-state index contributed by atoms with van der Waals surface area (Å²) in [6, 6.07) is 12.7. The van der Waals surface area contributed by atoms with Gasteiger partial charge in [-0.15, -0.1) is 0 Å². The van der Waals surface area contributed by atoms with Crippen molar-refractivity contribution in [3.8, 4) is 23.0 Å². The number of nitrogens with zero attached hydrogens (tertiary/aromatic N) is 2. The van der Waals surface area contributed by atoms with Crippen LogP contribution in [0.3, 0.4) is 0 Å². The van der Waals surface area contributed by atoms with E-state index in [1.54, 1.807) is 24.4 Å². The highest BCUT2D eigenvalue weighted by Crippen LogP contribution is 2.37. The van der Waals surface area contributed by atoms with Crippen molar-refractivity contribution < 1.29 is 28.8 Å². The van der Waals surface area contributed by atoms with E-state index in [9.17, 15) is 4.79 Å². The zero-order valence-electron chi connectivity index (χ0n) is 17.8. The lowest BCUT2D eigenvalue weighted by atomic mass is 10.2. The topological polar surface area (TPSA) is 112 Å². The van der Waals surface area contributed by atoms with Gasteiger partial charge in [-0.2, -0.15) is 5.10 Å². The number of para-hydroxylation sites is 1. The summed E-state index contributed by atoms with van der Waals surface area (Å²) in [5, 5.41) is 11.9. The Morgan fingerprint density at radius 3 is 2.35 bits per heavy atom. The van der Waals surface area contributed by atoms with E-state index in [-0.39, 0.29) is 6.61 Å². The minimum Gasteiger partial charge on any atom is -0.493 e. The number of aliphatic hydroxyl groups is 1. The maximum Gasteiger partial charge on any atom is 0.277 e. The number of aromatic nitrogens is 1. The number of ether oxygens (including phenoxy) is 4. The van der Waals surface area contributed by atoms with Crippen LogP contribution in [0.5, 0.6) is 23.0 Å². The first-order chi connectivity index (χ1) is 15.2. The Kier molecular flexibility index (Phi) is 9.06. The summed E-state index contributed by atoms with van der Waals surface area (Å²) in [5.74, 6) is 1.60. The van der Waals surface area contributed by atoms with E-state index in [2.05, 4.69) is 15.5 Å². The monoisotopic (exact) mass is 427 g/mol. The molecule has 2 N–H and O–H groups in total. The molecule has 9 nitrogen and oxygen atoms in total. The number of aliphatic hydroxyl groups excluding tert-OH is 1. The Morgan fingerprint density at radius 1 is 1.03 bits per heavy atom. The summed E-state index contributed by atoms with van der Waals surface area (Å²) in [5.41, 5.74) is 3.79. The summed E-state index contributed by atoms with van der Waals surface area (Å²) >= 11 is 0. The molecule has 0 radical (unpaired) electrons. The SMILES string of the molecule is CO.COc1cc(/C=N/NC(=O)COc2cccc3cccnc23)cc(OC)c1OC. The van der Waals surface area contributed by atoms with Gasteiger partial charge in [-0.05, 0) is 24.3 Å². The standard InChI is InChI=1S/C21H21N3O5.CH4O/c1-26-17-10-14(11-18(27-2)21(17)28-3)12-23-24-19(25)13-29-16-8-4-6-15-7-5-9-22-20(15)16;1-2/h4-12H,13H2,1-3H3,(H,24,25);2H,1H3/b23-12+;. The molecule has 0 unspecified atom stereocenters. The molecule has 0 aliphatic heterocycles. The van der Waals surface area contributed by atoms with Gasteiger partial charge in [0.2, 0.25) is 5.75 Å². The first kappa shape index (κ1) is 23.4. The summed E-state index contributed by atoms with van der Waals surface area (Å²) in [7, 11) is 5.58. The molecule has 31 heavy (non-hydrogen) atoms. The van der Waals surface area contributed by atoms with E-state index in [1.165, 1.54) is 27.5 Å². The average Bonchev–Trinajstić information content (AvgIpc) is 2.83. The van der Waals surface area contributed by atoms with Gasteiger partial charge >= 0.3 is 0 Å². The molecular formula is C22H25N3O6. The number of hydrogen-bond donors (Lipinski definition) is 2. The maximum atomic E-state index is 12.0. The number of hydrogen-bond acceptors (Lipinski definition) is 8. The molecule has 9 heteroatoms. The van der Waals surface area contributed by atoms with Crippen LogP contribution < -0.4 is 24.4 Å². The zero-order valence-corrected chi connectivity index (χ0v) is 17.8. The van der Waals surface area contributed by atoms with Crippen LogP contribution >= 0.6 is 0 Å². The lowest BCUT2D eigenvalue weighted by molar-refractivity contribution is -0.123. The molecule has 0 spiro atoms. The average molecular weight is 427 g/mol. The molecule has 2 aromatic carbocycles. The van der Waals surface area contributed by atoms with Gasteiger partial charge in [-0.1, -0.05) is 18.2 Å². The van der Waals surface area contributed by atoms with Crippen molar-refractivity contribution in [3.63, 3.8) is 0 Å². The largest absolute Gasteiger partial charge is 0.493 e. The molecule has 0 aliphatic rings. The first-order valence-corrected chi connectivity index (χ1v) is 9.19. The number of rotatable bonds is 8. The van der Waals surface area contributed by atoms with Gasteiger partial charge in [-0.3, -0.25) is 9.78 Å². The number of methoxy groups -OCH3 is 3. The summed E-state index contributed by atoms with van der Waals surface area (Å²) in [4.78, 5) is 16.3. The third-order valence-electron chi connectivity index (χ3n) is 4.04. The van der Waals surface area contributed by atoms with E-state index >= 15 is 0 Å². The van der Waals surface area contributed by atoms with Crippen LogP contribution in [-0.2, 0) is 4.79 Å². The normalized spacial score (nSPS) is 10.2. The molecule has 0 fully saturated rings. The van der Waals surface area contributed by atoms with Gasteiger partial charge in [-0.25, -0.2) is 5.43 Å². The zero-order chi connectivity index (χ0) is 22.6. The number of pyridine rings is 1. The van der Waals surface area contributed by atoms with E-state index in [1.807, 2.05) is 24.3 Å². The van der Waals surface area contributed by atoms with Crippen LogP contribution in [0, 0.1) is 0 Å². The van der Waals surface area contributed by atoms with Crippen LogP contribution in [0.1, 0.15) is 5.56 Å². The fourth-order valence-corrected chi connectivity index (χ4v) is 2.72. The predicted molar refractivity (Wildman–Crippen MR) is 117 cm³/mol. The van der Waals surface area contributed by atoms with Crippen molar-refractivity contribution in [1.82, 2.24) is 10.4 Å². The van der Waals surface area contributed by atoms with E-state index in [0.29, 0.717) is 34.1 Å². The lowest BCUT2D eigenvalue weighted by Crippen LogP contribution is -2.24. The smallest absolute Gasteiger partial charge is 0.277 e. The molecule has 1 amide bonds. The summed E-state index contributed by atoms with van der Waals surface area (Å²) < 4.78 is 21.4. The van der Waals surface area contributed by atoms with Crippen LogP contribution in [-0.4, -0.2) is 57.3 Å². The van der Waals surface area contributed by atoms with Gasteiger partial charge in [0, 0.05) is 24.3 Å². The first-order valence-electron chi connectivity index (χ1n) is 9.19. The van der Waals surface area contributed by atoms with Crippen molar-refractivity contribution in [2.45, 2.75) is 0 Å².